The molecule has 0 aliphatic heterocycles. The number of aliphatic hydroxyl groups is 1. The van der Waals surface area contributed by atoms with Gasteiger partial charge in [0, 0.05) is 13.1 Å². The Morgan fingerprint density at radius 1 is 1.12 bits per heavy atom. The molecule has 3 aromatic rings. The van der Waals surface area contributed by atoms with Crippen LogP contribution in [-0.2, 0) is 31.0 Å². The Morgan fingerprint density at radius 2 is 1.91 bits per heavy atom. The number of ether oxygens (including phenoxy) is 1. The van der Waals surface area contributed by atoms with Gasteiger partial charge in [-0.15, -0.1) is 0 Å². The van der Waals surface area contributed by atoms with Gasteiger partial charge in [0.2, 0.25) is 5.91 Å². The number of benzene rings is 1. The minimum absolute atomic E-state index is 0.232. The van der Waals surface area contributed by atoms with Crippen LogP contribution >= 0.6 is 0 Å². The minimum atomic E-state index is -0.584. The second-order valence-electron chi connectivity index (χ2n) is 8.20. The molecule has 0 saturated carbocycles. The molecule has 10 nitrogen and oxygen atoms in total. The van der Waals surface area contributed by atoms with E-state index in [-0.39, 0.29) is 30.9 Å². The van der Waals surface area contributed by atoms with E-state index in [1.54, 1.807) is 4.57 Å². The van der Waals surface area contributed by atoms with Gasteiger partial charge in [-0.1, -0.05) is 32.4 Å². The van der Waals surface area contributed by atoms with Crippen LogP contribution in [0.5, 0.6) is 5.75 Å². The molecule has 2 N–H and O–H groups in total. The van der Waals surface area contributed by atoms with Gasteiger partial charge < -0.3 is 19.7 Å². The second kappa shape index (κ2) is 11.6. The smallest absolute Gasteiger partial charge is 0.333 e. The molecule has 0 atom stereocenters. The van der Waals surface area contributed by atoms with E-state index in [2.05, 4.69) is 10.3 Å². The number of aliphatic hydroxyl groups excluding tert-OH is 1. The number of carbonyl (C=O) groups is 1. The van der Waals surface area contributed by atoms with Crippen molar-refractivity contribution in [3.63, 3.8) is 0 Å². The second-order valence-corrected chi connectivity index (χ2v) is 8.20. The summed E-state index contributed by atoms with van der Waals surface area (Å²) in [7, 11) is 0. The standard InChI is InChI=1S/C24H33N5O5/c1-4-6-12-28-22-21(27(11-5-2)19(16-30)26-22)23(32)29(24(28)33)15-20(31)25-10-13-34-18-9-7-8-17(3)14-18/h7-9,14,30H,4-6,10-13,15-16H2,1-3H3,(H,25,31). The van der Waals surface area contributed by atoms with Crippen LogP contribution in [0.3, 0.4) is 0 Å². The Labute approximate surface area is 197 Å². The SMILES string of the molecule is CCCCn1c(=O)n(CC(=O)NCCOc2cccc(C)c2)c(=O)c2c1nc(CO)n2CCC. The van der Waals surface area contributed by atoms with Gasteiger partial charge >= 0.3 is 5.69 Å². The molecule has 2 heterocycles. The van der Waals surface area contributed by atoms with Gasteiger partial charge in [0.05, 0.1) is 6.54 Å². The summed E-state index contributed by atoms with van der Waals surface area (Å²) in [5.41, 5.74) is 0.394. The molecule has 184 valence electrons. The summed E-state index contributed by atoms with van der Waals surface area (Å²) in [4.78, 5) is 43.4. The molecular weight excluding hydrogens is 438 g/mol. The fourth-order valence-corrected chi connectivity index (χ4v) is 3.84. The van der Waals surface area contributed by atoms with Crippen molar-refractivity contribution in [2.45, 2.75) is 66.3 Å². The first-order valence-electron chi connectivity index (χ1n) is 11.7. The fraction of sp³-hybridized carbons (Fsp3) is 0.500. The van der Waals surface area contributed by atoms with Crippen LogP contribution in [0, 0.1) is 6.92 Å². The van der Waals surface area contributed by atoms with E-state index in [4.69, 9.17) is 4.74 Å². The summed E-state index contributed by atoms with van der Waals surface area (Å²) in [6.07, 6.45) is 2.27. The van der Waals surface area contributed by atoms with Crippen molar-refractivity contribution >= 4 is 17.1 Å². The number of amides is 1. The summed E-state index contributed by atoms with van der Waals surface area (Å²) in [6.45, 7) is 6.48. The Hall–Kier alpha value is -3.40. The third-order valence-electron chi connectivity index (χ3n) is 5.50. The van der Waals surface area contributed by atoms with E-state index < -0.39 is 23.7 Å². The van der Waals surface area contributed by atoms with Crippen LogP contribution in [0.4, 0.5) is 0 Å². The molecule has 0 fully saturated rings. The zero-order chi connectivity index (χ0) is 24.7. The first-order chi connectivity index (χ1) is 16.4. The normalized spacial score (nSPS) is 11.2. The molecule has 0 bridgehead atoms. The Kier molecular flexibility index (Phi) is 8.64. The lowest BCUT2D eigenvalue weighted by Crippen LogP contribution is -2.44. The zero-order valence-corrected chi connectivity index (χ0v) is 20.0. The molecule has 1 amide bonds. The molecule has 0 aliphatic carbocycles. The van der Waals surface area contributed by atoms with Gasteiger partial charge in [0.1, 0.15) is 31.3 Å². The molecular formula is C24H33N5O5. The monoisotopic (exact) mass is 471 g/mol. The van der Waals surface area contributed by atoms with Crippen LogP contribution in [0.1, 0.15) is 44.5 Å². The topological polar surface area (TPSA) is 120 Å². The lowest BCUT2D eigenvalue weighted by Gasteiger charge is -2.13. The van der Waals surface area contributed by atoms with Crippen LogP contribution in [0.2, 0.25) is 0 Å². The third-order valence-corrected chi connectivity index (χ3v) is 5.50. The van der Waals surface area contributed by atoms with E-state index in [1.807, 2.05) is 45.0 Å². The average Bonchev–Trinajstić information content (AvgIpc) is 3.18. The van der Waals surface area contributed by atoms with Crippen LogP contribution in [0.25, 0.3) is 11.2 Å². The van der Waals surface area contributed by atoms with Crippen LogP contribution in [0.15, 0.2) is 33.9 Å². The summed E-state index contributed by atoms with van der Waals surface area (Å²) in [6, 6.07) is 7.59. The lowest BCUT2D eigenvalue weighted by atomic mass is 10.2. The highest BCUT2D eigenvalue weighted by Crippen LogP contribution is 2.14. The third kappa shape index (κ3) is 5.56. The van der Waals surface area contributed by atoms with Gasteiger partial charge in [0.15, 0.2) is 11.2 Å². The predicted octanol–water partition coefficient (Wildman–Crippen LogP) is 1.57. The largest absolute Gasteiger partial charge is 0.492 e. The molecule has 1 aromatic carbocycles. The van der Waals surface area contributed by atoms with E-state index in [1.165, 1.54) is 4.57 Å². The highest BCUT2D eigenvalue weighted by atomic mass is 16.5. The predicted molar refractivity (Wildman–Crippen MR) is 129 cm³/mol. The average molecular weight is 472 g/mol. The van der Waals surface area contributed by atoms with E-state index in [0.717, 1.165) is 16.6 Å². The number of unbranched alkanes of at least 4 members (excludes halogenated alkanes) is 1. The highest BCUT2D eigenvalue weighted by Gasteiger charge is 2.22. The molecule has 0 aliphatic rings. The molecule has 0 spiro atoms. The van der Waals surface area contributed by atoms with Crippen LogP contribution < -0.4 is 21.3 Å². The number of nitrogens with one attached hydrogen (secondary N) is 1. The van der Waals surface area contributed by atoms with E-state index >= 15 is 0 Å². The summed E-state index contributed by atoms with van der Waals surface area (Å²) < 4.78 is 9.65. The lowest BCUT2D eigenvalue weighted by molar-refractivity contribution is -0.121. The Morgan fingerprint density at radius 3 is 2.59 bits per heavy atom. The minimum Gasteiger partial charge on any atom is -0.492 e. The number of aromatic nitrogens is 4. The number of nitrogens with zero attached hydrogens (tertiary/aromatic N) is 4. The van der Waals surface area contributed by atoms with Crippen molar-refractivity contribution in [3.8, 4) is 5.75 Å². The fourth-order valence-electron chi connectivity index (χ4n) is 3.84. The van der Waals surface area contributed by atoms with E-state index in [0.29, 0.717) is 37.5 Å². The number of imidazole rings is 1. The first-order valence-corrected chi connectivity index (χ1v) is 11.7. The highest BCUT2D eigenvalue weighted by molar-refractivity contribution is 5.76. The Bertz CT molecular complexity index is 1260. The quantitative estimate of drug-likeness (QED) is 0.387. The van der Waals surface area contributed by atoms with Crippen molar-refractivity contribution in [2.75, 3.05) is 13.2 Å². The maximum atomic E-state index is 13.3. The number of fused-ring (bicyclic) bond motifs is 1. The van der Waals surface area contributed by atoms with Gasteiger partial charge in [-0.05, 0) is 37.5 Å². The number of rotatable bonds is 12. The maximum absolute atomic E-state index is 13.3. The van der Waals surface area contributed by atoms with Crippen molar-refractivity contribution in [2.24, 2.45) is 0 Å². The summed E-state index contributed by atoms with van der Waals surface area (Å²) >= 11 is 0. The first kappa shape index (κ1) is 25.2. The Balaban J connectivity index is 1.84. The molecule has 0 unspecified atom stereocenters. The van der Waals surface area contributed by atoms with Gasteiger partial charge in [-0.3, -0.25) is 14.2 Å². The van der Waals surface area contributed by atoms with E-state index in [9.17, 15) is 19.5 Å². The number of hydrogen-bond donors (Lipinski definition) is 2. The molecule has 2 aromatic heterocycles. The molecule has 34 heavy (non-hydrogen) atoms. The van der Waals surface area contributed by atoms with Gasteiger partial charge in [-0.2, -0.15) is 0 Å². The van der Waals surface area contributed by atoms with Crippen molar-refractivity contribution in [3.05, 3.63) is 56.5 Å². The zero-order valence-electron chi connectivity index (χ0n) is 20.0. The van der Waals surface area contributed by atoms with Crippen molar-refractivity contribution in [1.29, 1.82) is 0 Å². The number of carbonyl (C=O) groups excluding carboxylic acids is 1. The molecule has 0 saturated heterocycles. The number of aryl methyl sites for hydroxylation is 3. The molecule has 3 rings (SSSR count). The maximum Gasteiger partial charge on any atom is 0.333 e. The number of hydrogen-bond acceptors (Lipinski definition) is 6. The van der Waals surface area contributed by atoms with Crippen molar-refractivity contribution in [1.82, 2.24) is 24.0 Å². The summed E-state index contributed by atoms with van der Waals surface area (Å²) in [5, 5.41) is 12.5. The van der Waals surface area contributed by atoms with Gasteiger partial charge in [0.25, 0.3) is 5.56 Å². The summed E-state index contributed by atoms with van der Waals surface area (Å²) in [5.74, 6) is 0.574. The van der Waals surface area contributed by atoms with Crippen molar-refractivity contribution < 1.29 is 14.6 Å². The molecule has 10 heteroatoms. The van der Waals surface area contributed by atoms with Crippen LogP contribution in [-0.4, -0.2) is 42.9 Å². The van der Waals surface area contributed by atoms with Gasteiger partial charge in [-0.25, -0.2) is 14.3 Å². The molecule has 0 radical (unpaired) electrons.